The fourth-order valence-corrected chi connectivity index (χ4v) is 2.34. The lowest BCUT2D eigenvalue weighted by Gasteiger charge is -2.09. The Bertz CT molecular complexity index is 506. The average Bonchev–Trinajstić information content (AvgIpc) is 2.26. The molecule has 0 unspecified atom stereocenters. The van der Waals surface area contributed by atoms with E-state index >= 15 is 0 Å². The van der Waals surface area contributed by atoms with E-state index in [0.29, 0.717) is 0 Å². The molecule has 1 N–H and O–H groups in total. The summed E-state index contributed by atoms with van der Waals surface area (Å²) in [6.07, 6.45) is 1.48. The maximum absolute atomic E-state index is 11.8. The van der Waals surface area contributed by atoms with Gasteiger partial charge in [-0.3, -0.25) is 0 Å². The first-order valence-electron chi connectivity index (χ1n) is 4.83. The summed E-state index contributed by atoms with van der Waals surface area (Å²) in [5.74, 6) is 0. The zero-order chi connectivity index (χ0) is 12.9. The molecule has 0 aliphatic rings. The largest absolute Gasteiger partial charge is 0.466 e. The number of rotatable bonds is 4. The molecule has 6 heteroatoms. The predicted molar refractivity (Wildman–Crippen MR) is 70.2 cm³/mol. The van der Waals surface area contributed by atoms with Crippen LogP contribution in [0, 0.1) is 6.92 Å². The molecule has 0 heterocycles. The SMILES string of the molecule is C=CCOC(=S)NS(=O)(=O)c1ccc(C)cc1. The maximum Gasteiger partial charge on any atom is 0.271 e. The summed E-state index contributed by atoms with van der Waals surface area (Å²) in [5.41, 5.74) is 0.981. The summed E-state index contributed by atoms with van der Waals surface area (Å²) in [6, 6.07) is 6.44. The number of benzene rings is 1. The smallest absolute Gasteiger partial charge is 0.271 e. The second-order valence-corrected chi connectivity index (χ2v) is 5.36. The molecule has 0 aliphatic carbocycles. The summed E-state index contributed by atoms with van der Waals surface area (Å²) in [7, 11) is -3.66. The van der Waals surface area contributed by atoms with E-state index < -0.39 is 10.0 Å². The van der Waals surface area contributed by atoms with Gasteiger partial charge < -0.3 is 4.74 Å². The van der Waals surface area contributed by atoms with Crippen molar-refractivity contribution < 1.29 is 13.2 Å². The lowest BCUT2D eigenvalue weighted by Crippen LogP contribution is -2.30. The van der Waals surface area contributed by atoms with Crippen molar-refractivity contribution in [1.29, 1.82) is 0 Å². The van der Waals surface area contributed by atoms with E-state index in [1.54, 1.807) is 12.1 Å². The summed E-state index contributed by atoms with van der Waals surface area (Å²) in [4.78, 5) is 0.146. The van der Waals surface area contributed by atoms with Crippen LogP contribution in [0.2, 0.25) is 0 Å². The van der Waals surface area contributed by atoms with Gasteiger partial charge in [0.25, 0.3) is 15.2 Å². The molecule has 0 saturated carbocycles. The highest BCUT2D eigenvalue weighted by molar-refractivity contribution is 7.91. The minimum Gasteiger partial charge on any atom is -0.466 e. The first-order chi connectivity index (χ1) is 7.95. The third-order valence-electron chi connectivity index (χ3n) is 1.88. The van der Waals surface area contributed by atoms with Crippen molar-refractivity contribution >= 4 is 27.4 Å². The Hall–Kier alpha value is -1.40. The molecule has 0 spiro atoms. The monoisotopic (exact) mass is 271 g/mol. The Balaban J connectivity index is 2.78. The first-order valence-corrected chi connectivity index (χ1v) is 6.72. The maximum atomic E-state index is 11.8. The van der Waals surface area contributed by atoms with E-state index in [0.717, 1.165) is 5.56 Å². The molecular weight excluding hydrogens is 258 g/mol. The second-order valence-electron chi connectivity index (χ2n) is 3.31. The van der Waals surface area contributed by atoms with Crippen molar-refractivity contribution in [3.8, 4) is 0 Å². The predicted octanol–water partition coefficient (Wildman–Crippen LogP) is 1.76. The molecule has 0 radical (unpaired) electrons. The van der Waals surface area contributed by atoms with Crippen LogP contribution in [0.3, 0.4) is 0 Å². The Morgan fingerprint density at radius 2 is 2.06 bits per heavy atom. The molecule has 4 nitrogen and oxygen atoms in total. The lowest BCUT2D eigenvalue weighted by molar-refractivity contribution is 0.350. The highest BCUT2D eigenvalue weighted by atomic mass is 32.2. The van der Waals surface area contributed by atoms with Gasteiger partial charge in [0.2, 0.25) is 0 Å². The van der Waals surface area contributed by atoms with Crippen LogP contribution >= 0.6 is 12.2 Å². The van der Waals surface area contributed by atoms with Crippen LogP contribution in [-0.2, 0) is 14.8 Å². The van der Waals surface area contributed by atoms with E-state index in [9.17, 15) is 8.42 Å². The molecule has 0 atom stereocenters. The van der Waals surface area contributed by atoms with Crippen LogP contribution in [0.15, 0.2) is 41.8 Å². The first kappa shape index (κ1) is 13.7. The van der Waals surface area contributed by atoms with Gasteiger partial charge in [-0.25, -0.2) is 13.1 Å². The molecule has 1 rings (SSSR count). The van der Waals surface area contributed by atoms with Gasteiger partial charge in [-0.15, -0.1) is 0 Å². The Morgan fingerprint density at radius 3 is 2.59 bits per heavy atom. The minimum absolute atomic E-state index is 0.146. The zero-order valence-corrected chi connectivity index (χ0v) is 11.0. The third kappa shape index (κ3) is 4.16. The van der Waals surface area contributed by atoms with Crippen molar-refractivity contribution in [2.24, 2.45) is 0 Å². The standard InChI is InChI=1S/C11H13NO3S2/c1-3-8-15-11(16)12-17(13,14)10-6-4-9(2)5-7-10/h3-7H,1,8H2,2H3,(H,12,16). The normalized spacial score (nSPS) is 10.6. The average molecular weight is 271 g/mol. The highest BCUT2D eigenvalue weighted by Gasteiger charge is 2.15. The second kappa shape index (κ2) is 5.79. The van der Waals surface area contributed by atoms with Gasteiger partial charge in [-0.1, -0.05) is 30.4 Å². The molecule has 1 aromatic carbocycles. The van der Waals surface area contributed by atoms with Gasteiger partial charge >= 0.3 is 0 Å². The Kier molecular flexibility index (Phi) is 4.65. The van der Waals surface area contributed by atoms with Crippen LogP contribution in [0.1, 0.15) is 5.56 Å². The molecule has 0 amide bonds. The molecule has 0 saturated heterocycles. The summed E-state index contributed by atoms with van der Waals surface area (Å²) in [6.45, 7) is 5.47. The van der Waals surface area contributed by atoms with Crippen LogP contribution in [0.5, 0.6) is 0 Å². The quantitative estimate of drug-likeness (QED) is 0.669. The molecule has 92 valence electrons. The number of hydrogen-bond donors (Lipinski definition) is 1. The molecule has 0 aliphatic heterocycles. The third-order valence-corrected chi connectivity index (χ3v) is 3.58. The van der Waals surface area contributed by atoms with Crippen LogP contribution in [0.25, 0.3) is 0 Å². The fourth-order valence-electron chi connectivity index (χ4n) is 1.05. The molecule has 0 fully saturated rings. The van der Waals surface area contributed by atoms with Crippen molar-refractivity contribution in [3.05, 3.63) is 42.5 Å². The van der Waals surface area contributed by atoms with E-state index in [1.165, 1.54) is 18.2 Å². The summed E-state index contributed by atoms with van der Waals surface area (Å²) < 4.78 is 30.7. The summed E-state index contributed by atoms with van der Waals surface area (Å²) in [5, 5.41) is -0.189. The van der Waals surface area contributed by atoms with Crippen molar-refractivity contribution in [2.75, 3.05) is 6.61 Å². The van der Waals surface area contributed by atoms with E-state index in [4.69, 9.17) is 17.0 Å². The highest BCUT2D eigenvalue weighted by Crippen LogP contribution is 2.09. The Labute approximate surface area is 106 Å². The van der Waals surface area contributed by atoms with Crippen molar-refractivity contribution in [2.45, 2.75) is 11.8 Å². The molecule has 0 bridgehead atoms. The number of hydrogen-bond acceptors (Lipinski definition) is 4. The van der Waals surface area contributed by atoms with Crippen molar-refractivity contribution in [1.82, 2.24) is 4.72 Å². The molecule has 1 aromatic rings. The molecule has 0 aromatic heterocycles. The number of ether oxygens (including phenoxy) is 1. The molecule has 17 heavy (non-hydrogen) atoms. The number of thiocarbonyl (C=S) groups is 1. The number of nitrogens with one attached hydrogen (secondary N) is 1. The van der Waals surface area contributed by atoms with E-state index in [1.807, 2.05) is 6.92 Å². The van der Waals surface area contributed by atoms with E-state index in [2.05, 4.69) is 11.3 Å². The zero-order valence-electron chi connectivity index (χ0n) is 9.34. The van der Waals surface area contributed by atoms with Gasteiger partial charge in [-0.2, -0.15) is 0 Å². The molecular formula is C11H13NO3S2. The van der Waals surface area contributed by atoms with Gasteiger partial charge in [0.1, 0.15) is 6.61 Å². The van der Waals surface area contributed by atoms with Crippen LogP contribution in [0.4, 0.5) is 0 Å². The lowest BCUT2D eigenvalue weighted by atomic mass is 10.2. The van der Waals surface area contributed by atoms with Gasteiger partial charge in [0.15, 0.2) is 0 Å². The fraction of sp³-hybridized carbons (Fsp3) is 0.182. The number of sulfonamides is 1. The van der Waals surface area contributed by atoms with Gasteiger partial charge in [-0.05, 0) is 31.3 Å². The van der Waals surface area contributed by atoms with Crippen LogP contribution < -0.4 is 4.72 Å². The summed E-state index contributed by atoms with van der Waals surface area (Å²) >= 11 is 4.73. The van der Waals surface area contributed by atoms with Gasteiger partial charge in [0.05, 0.1) is 4.90 Å². The van der Waals surface area contributed by atoms with Crippen LogP contribution in [-0.4, -0.2) is 20.2 Å². The topological polar surface area (TPSA) is 55.4 Å². The Morgan fingerprint density at radius 1 is 1.47 bits per heavy atom. The number of aryl methyl sites for hydroxylation is 1. The minimum atomic E-state index is -3.66. The van der Waals surface area contributed by atoms with Gasteiger partial charge in [0, 0.05) is 0 Å². The van der Waals surface area contributed by atoms with E-state index in [-0.39, 0.29) is 16.7 Å². The van der Waals surface area contributed by atoms with Crippen molar-refractivity contribution in [3.63, 3.8) is 0 Å².